The summed E-state index contributed by atoms with van der Waals surface area (Å²) in [6.07, 6.45) is 7.72. The van der Waals surface area contributed by atoms with Crippen molar-refractivity contribution in [3.63, 3.8) is 0 Å². The number of nitrogens with one attached hydrogen (secondary N) is 1. The molecule has 0 aromatic carbocycles. The van der Waals surface area contributed by atoms with Crippen molar-refractivity contribution < 1.29 is 0 Å². The molecule has 0 spiro atoms. The monoisotopic (exact) mass is 289 g/mol. The molecule has 0 saturated heterocycles. The van der Waals surface area contributed by atoms with Crippen LogP contribution in [0, 0.1) is 5.92 Å². The lowest BCUT2D eigenvalue weighted by molar-refractivity contribution is 0.313. The van der Waals surface area contributed by atoms with Crippen molar-refractivity contribution >= 4 is 5.82 Å². The molecule has 1 aromatic rings. The van der Waals surface area contributed by atoms with E-state index >= 15 is 0 Å². The molecule has 1 N–H and O–H groups in total. The highest BCUT2D eigenvalue weighted by molar-refractivity contribution is 5.43. The van der Waals surface area contributed by atoms with Crippen LogP contribution in [-0.4, -0.2) is 25.1 Å². The largest absolute Gasteiger partial charge is 0.357 e. The fourth-order valence-electron chi connectivity index (χ4n) is 3.43. The molecule has 1 aliphatic rings. The third kappa shape index (κ3) is 4.19. The molecule has 0 unspecified atom stereocenters. The van der Waals surface area contributed by atoms with Gasteiger partial charge in [-0.3, -0.25) is 0 Å². The summed E-state index contributed by atoms with van der Waals surface area (Å²) in [6.45, 7) is 5.42. The van der Waals surface area contributed by atoms with Crippen LogP contribution >= 0.6 is 0 Å². The van der Waals surface area contributed by atoms with Gasteiger partial charge in [0.25, 0.3) is 0 Å². The third-order valence-corrected chi connectivity index (χ3v) is 4.97. The lowest BCUT2D eigenvalue weighted by Crippen LogP contribution is -2.35. The van der Waals surface area contributed by atoms with Crippen LogP contribution < -0.4 is 10.2 Å². The predicted octanol–water partition coefficient (Wildman–Crippen LogP) is 3.77. The first kappa shape index (κ1) is 16.3. The fourth-order valence-corrected chi connectivity index (χ4v) is 3.43. The molecule has 0 amide bonds. The molecule has 1 fully saturated rings. The standard InChI is InChI=1S/C18H31N3/c1-5-14-7-9-17(10-8-14)21(4)18-12-15(13-19-3)11-16(6-2)20-18/h11-12,14,17,19H,5-10,13H2,1-4H3. The van der Waals surface area contributed by atoms with Crippen molar-refractivity contribution in [2.45, 2.75) is 65.0 Å². The number of rotatable bonds is 6. The van der Waals surface area contributed by atoms with E-state index in [0.717, 1.165) is 24.7 Å². The van der Waals surface area contributed by atoms with Crippen molar-refractivity contribution in [1.29, 1.82) is 0 Å². The Balaban J connectivity index is 2.10. The molecule has 0 radical (unpaired) electrons. The number of aryl methyl sites for hydroxylation is 1. The molecule has 1 heterocycles. The second-order valence-corrected chi connectivity index (χ2v) is 6.40. The van der Waals surface area contributed by atoms with Crippen LogP contribution in [0.5, 0.6) is 0 Å². The van der Waals surface area contributed by atoms with Crippen molar-refractivity contribution in [1.82, 2.24) is 10.3 Å². The van der Waals surface area contributed by atoms with Crippen LogP contribution in [0.2, 0.25) is 0 Å². The van der Waals surface area contributed by atoms with Crippen molar-refractivity contribution in [3.8, 4) is 0 Å². The van der Waals surface area contributed by atoms with E-state index in [1.807, 2.05) is 7.05 Å². The van der Waals surface area contributed by atoms with Crippen molar-refractivity contribution in [2.75, 3.05) is 19.0 Å². The van der Waals surface area contributed by atoms with E-state index in [-0.39, 0.29) is 0 Å². The van der Waals surface area contributed by atoms with Gasteiger partial charge < -0.3 is 10.2 Å². The second kappa shape index (κ2) is 7.79. The van der Waals surface area contributed by atoms with Crippen molar-refractivity contribution in [2.24, 2.45) is 5.92 Å². The molecule has 1 aromatic heterocycles. The maximum atomic E-state index is 4.85. The molecular formula is C18H31N3. The zero-order valence-electron chi connectivity index (χ0n) is 14.2. The summed E-state index contributed by atoms with van der Waals surface area (Å²) in [7, 11) is 4.23. The van der Waals surface area contributed by atoms with Gasteiger partial charge in [0, 0.05) is 25.3 Å². The number of hydrogen-bond acceptors (Lipinski definition) is 3. The van der Waals surface area contributed by atoms with Gasteiger partial charge in [-0.1, -0.05) is 20.3 Å². The first-order chi connectivity index (χ1) is 10.2. The number of hydrogen-bond donors (Lipinski definition) is 1. The minimum absolute atomic E-state index is 0.662. The smallest absolute Gasteiger partial charge is 0.129 e. The summed E-state index contributed by atoms with van der Waals surface area (Å²) in [5.41, 5.74) is 2.54. The quantitative estimate of drug-likeness (QED) is 0.864. The van der Waals surface area contributed by atoms with Gasteiger partial charge in [0.1, 0.15) is 5.82 Å². The Kier molecular flexibility index (Phi) is 6.04. The lowest BCUT2D eigenvalue weighted by Gasteiger charge is -2.35. The van der Waals surface area contributed by atoms with Crippen LogP contribution in [-0.2, 0) is 13.0 Å². The molecule has 3 nitrogen and oxygen atoms in total. The zero-order chi connectivity index (χ0) is 15.2. The SMILES string of the molecule is CCc1cc(CNC)cc(N(C)C2CCC(CC)CC2)n1. The Labute approximate surface area is 130 Å². The third-order valence-electron chi connectivity index (χ3n) is 4.97. The topological polar surface area (TPSA) is 28.2 Å². The van der Waals surface area contributed by atoms with Crippen LogP contribution in [0.1, 0.15) is 57.2 Å². The first-order valence-corrected chi connectivity index (χ1v) is 8.55. The summed E-state index contributed by atoms with van der Waals surface area (Å²) in [4.78, 5) is 7.27. The Morgan fingerprint density at radius 3 is 2.48 bits per heavy atom. The Bertz CT molecular complexity index is 436. The van der Waals surface area contributed by atoms with Crippen LogP contribution in [0.4, 0.5) is 5.82 Å². The second-order valence-electron chi connectivity index (χ2n) is 6.40. The molecular weight excluding hydrogens is 258 g/mol. The zero-order valence-corrected chi connectivity index (χ0v) is 14.2. The fraction of sp³-hybridized carbons (Fsp3) is 0.722. The van der Waals surface area contributed by atoms with Gasteiger partial charge in [0.2, 0.25) is 0 Å². The molecule has 3 heteroatoms. The van der Waals surface area contributed by atoms with Gasteiger partial charge in [-0.25, -0.2) is 4.98 Å². The molecule has 118 valence electrons. The van der Waals surface area contributed by atoms with Crippen LogP contribution in [0.25, 0.3) is 0 Å². The predicted molar refractivity (Wildman–Crippen MR) is 90.8 cm³/mol. The van der Waals surface area contributed by atoms with Gasteiger partial charge in [0.05, 0.1) is 0 Å². The summed E-state index contributed by atoms with van der Waals surface area (Å²) in [6, 6.07) is 5.14. The van der Waals surface area contributed by atoms with Crippen LogP contribution in [0.3, 0.4) is 0 Å². The van der Waals surface area contributed by atoms with Gasteiger partial charge in [-0.2, -0.15) is 0 Å². The highest BCUT2D eigenvalue weighted by Crippen LogP contribution is 2.31. The molecule has 21 heavy (non-hydrogen) atoms. The number of pyridine rings is 1. The van der Waals surface area contributed by atoms with E-state index in [2.05, 4.69) is 43.2 Å². The maximum Gasteiger partial charge on any atom is 0.129 e. The van der Waals surface area contributed by atoms with Gasteiger partial charge in [-0.15, -0.1) is 0 Å². The first-order valence-electron chi connectivity index (χ1n) is 8.55. The average molecular weight is 289 g/mol. The number of anilines is 1. The van der Waals surface area contributed by atoms with Gasteiger partial charge in [-0.05, 0) is 62.8 Å². The molecule has 0 aliphatic heterocycles. The average Bonchev–Trinajstić information content (AvgIpc) is 2.54. The van der Waals surface area contributed by atoms with E-state index in [9.17, 15) is 0 Å². The van der Waals surface area contributed by atoms with E-state index in [1.54, 1.807) is 0 Å². The highest BCUT2D eigenvalue weighted by atomic mass is 15.2. The van der Waals surface area contributed by atoms with Crippen molar-refractivity contribution in [3.05, 3.63) is 23.4 Å². The highest BCUT2D eigenvalue weighted by Gasteiger charge is 2.24. The van der Waals surface area contributed by atoms with E-state index in [1.165, 1.54) is 43.4 Å². The minimum Gasteiger partial charge on any atom is -0.357 e. The number of nitrogens with zero attached hydrogens (tertiary/aromatic N) is 2. The summed E-state index contributed by atoms with van der Waals surface area (Å²) < 4.78 is 0. The normalized spacial score (nSPS) is 22.3. The Morgan fingerprint density at radius 2 is 1.90 bits per heavy atom. The molecule has 2 rings (SSSR count). The Hall–Kier alpha value is -1.09. The minimum atomic E-state index is 0.662. The molecule has 0 atom stereocenters. The number of aromatic nitrogens is 1. The van der Waals surface area contributed by atoms with E-state index < -0.39 is 0 Å². The maximum absolute atomic E-state index is 4.85. The molecule has 1 aliphatic carbocycles. The van der Waals surface area contributed by atoms with Gasteiger partial charge in [0.15, 0.2) is 0 Å². The summed E-state index contributed by atoms with van der Waals surface area (Å²) >= 11 is 0. The lowest BCUT2D eigenvalue weighted by atomic mass is 9.84. The molecule has 1 saturated carbocycles. The van der Waals surface area contributed by atoms with Gasteiger partial charge >= 0.3 is 0 Å². The summed E-state index contributed by atoms with van der Waals surface area (Å²) in [5, 5.41) is 3.25. The summed E-state index contributed by atoms with van der Waals surface area (Å²) in [5.74, 6) is 2.10. The van der Waals surface area contributed by atoms with E-state index in [4.69, 9.17) is 4.98 Å². The van der Waals surface area contributed by atoms with Crippen LogP contribution in [0.15, 0.2) is 12.1 Å². The van der Waals surface area contributed by atoms with E-state index in [0.29, 0.717) is 6.04 Å². The Morgan fingerprint density at radius 1 is 1.19 bits per heavy atom. The molecule has 0 bridgehead atoms.